The second-order valence-electron chi connectivity index (χ2n) is 3.62. The molecule has 2 nitrogen and oxygen atoms in total. The van der Waals surface area contributed by atoms with E-state index in [0.717, 1.165) is 22.3 Å². The molecule has 0 saturated heterocycles. The van der Waals surface area contributed by atoms with Gasteiger partial charge in [0.25, 0.3) is 0 Å². The van der Waals surface area contributed by atoms with Gasteiger partial charge in [-0.05, 0) is 49.9 Å². The topological polar surface area (TPSA) is 47.7 Å². The standard InChI is InChI=1S/C12H16N2/c1-7-8(2)10(4)12(6-14)11(5-13)9(7)3/h5-6,13-14H,1-4H3. The number of hydrogen-bond acceptors (Lipinski definition) is 2. The highest BCUT2D eigenvalue weighted by Crippen LogP contribution is 2.23. The molecule has 0 aromatic heterocycles. The largest absolute Gasteiger partial charge is 0.308 e. The summed E-state index contributed by atoms with van der Waals surface area (Å²) in [6.45, 7) is 8.15. The maximum Gasteiger partial charge on any atom is 0.0259 e. The number of rotatable bonds is 2. The molecule has 0 heterocycles. The molecule has 0 aliphatic carbocycles. The Morgan fingerprint density at radius 1 is 0.643 bits per heavy atom. The van der Waals surface area contributed by atoms with Crippen LogP contribution in [0.2, 0.25) is 0 Å². The zero-order valence-corrected chi connectivity index (χ0v) is 9.15. The number of nitrogens with one attached hydrogen (secondary N) is 2. The predicted octanol–water partition coefficient (Wildman–Crippen LogP) is 2.92. The van der Waals surface area contributed by atoms with Gasteiger partial charge in [0.1, 0.15) is 0 Å². The SMILES string of the molecule is Cc1c(C)c(C)c(C=N)c(C=N)c1C. The van der Waals surface area contributed by atoms with Crippen LogP contribution in [-0.4, -0.2) is 12.4 Å². The van der Waals surface area contributed by atoms with Crippen molar-refractivity contribution in [3.05, 3.63) is 33.4 Å². The summed E-state index contributed by atoms with van der Waals surface area (Å²) in [5.74, 6) is 0. The van der Waals surface area contributed by atoms with Gasteiger partial charge in [0.05, 0.1) is 0 Å². The number of hydrogen-bond donors (Lipinski definition) is 2. The minimum absolute atomic E-state index is 0.876. The molecule has 0 aliphatic rings. The predicted molar refractivity (Wildman–Crippen MR) is 61.2 cm³/mol. The molecule has 0 bridgehead atoms. The van der Waals surface area contributed by atoms with Gasteiger partial charge < -0.3 is 10.8 Å². The lowest BCUT2D eigenvalue weighted by Crippen LogP contribution is -2.04. The van der Waals surface area contributed by atoms with Crippen LogP contribution in [0.15, 0.2) is 0 Å². The Balaban J connectivity index is 3.73. The van der Waals surface area contributed by atoms with Crippen LogP contribution >= 0.6 is 0 Å². The van der Waals surface area contributed by atoms with Crippen LogP contribution in [0.25, 0.3) is 0 Å². The van der Waals surface area contributed by atoms with E-state index in [0.29, 0.717) is 0 Å². The quantitative estimate of drug-likeness (QED) is 0.670. The van der Waals surface area contributed by atoms with Crippen LogP contribution in [0.1, 0.15) is 33.4 Å². The van der Waals surface area contributed by atoms with Gasteiger partial charge in [0.15, 0.2) is 0 Å². The molecule has 0 saturated carbocycles. The molecule has 1 aromatic rings. The lowest BCUT2D eigenvalue weighted by atomic mass is 9.90. The average molecular weight is 188 g/mol. The summed E-state index contributed by atoms with van der Waals surface area (Å²) < 4.78 is 0. The molecular formula is C12H16N2. The smallest absolute Gasteiger partial charge is 0.0259 e. The van der Waals surface area contributed by atoms with E-state index in [9.17, 15) is 0 Å². The third-order valence-electron chi connectivity index (χ3n) is 3.07. The third kappa shape index (κ3) is 1.37. The van der Waals surface area contributed by atoms with E-state index in [1.54, 1.807) is 0 Å². The molecule has 0 amide bonds. The van der Waals surface area contributed by atoms with E-state index in [1.807, 2.05) is 13.8 Å². The van der Waals surface area contributed by atoms with Crippen molar-refractivity contribution in [3.63, 3.8) is 0 Å². The summed E-state index contributed by atoms with van der Waals surface area (Å²) in [7, 11) is 0. The maximum atomic E-state index is 7.36. The fraction of sp³-hybridized carbons (Fsp3) is 0.333. The minimum Gasteiger partial charge on any atom is -0.308 e. The van der Waals surface area contributed by atoms with Crippen LogP contribution in [-0.2, 0) is 0 Å². The van der Waals surface area contributed by atoms with Gasteiger partial charge >= 0.3 is 0 Å². The Kier molecular flexibility index (Phi) is 2.84. The lowest BCUT2D eigenvalue weighted by molar-refractivity contribution is 1.20. The van der Waals surface area contributed by atoms with Gasteiger partial charge in [-0.2, -0.15) is 0 Å². The molecule has 1 rings (SSSR count). The fourth-order valence-corrected chi connectivity index (χ4v) is 1.74. The minimum atomic E-state index is 0.876. The number of benzene rings is 1. The Morgan fingerprint density at radius 2 is 0.929 bits per heavy atom. The fourth-order valence-electron chi connectivity index (χ4n) is 1.74. The van der Waals surface area contributed by atoms with Crippen LogP contribution in [0.3, 0.4) is 0 Å². The molecule has 14 heavy (non-hydrogen) atoms. The van der Waals surface area contributed by atoms with Crippen LogP contribution in [0.4, 0.5) is 0 Å². The monoisotopic (exact) mass is 188 g/mol. The Labute approximate surface area is 85.0 Å². The maximum absolute atomic E-state index is 7.36. The molecule has 1 aromatic carbocycles. The zero-order chi connectivity index (χ0) is 10.9. The second kappa shape index (κ2) is 3.74. The van der Waals surface area contributed by atoms with Gasteiger partial charge in [0.2, 0.25) is 0 Å². The summed E-state index contributed by atoms with van der Waals surface area (Å²) in [6, 6.07) is 0. The van der Waals surface area contributed by atoms with Gasteiger partial charge in [0, 0.05) is 23.6 Å². The van der Waals surface area contributed by atoms with E-state index in [2.05, 4.69) is 13.8 Å². The first-order valence-electron chi connectivity index (χ1n) is 4.65. The van der Waals surface area contributed by atoms with Crippen molar-refractivity contribution in [2.24, 2.45) is 0 Å². The molecule has 0 atom stereocenters. The lowest BCUT2D eigenvalue weighted by Gasteiger charge is -2.15. The molecule has 0 spiro atoms. The Morgan fingerprint density at radius 3 is 1.14 bits per heavy atom. The molecular weight excluding hydrogens is 172 g/mol. The molecule has 2 heteroatoms. The highest BCUT2D eigenvalue weighted by molar-refractivity contribution is 5.95. The van der Waals surface area contributed by atoms with Crippen molar-refractivity contribution in [2.45, 2.75) is 27.7 Å². The van der Waals surface area contributed by atoms with Crippen molar-refractivity contribution in [1.82, 2.24) is 0 Å². The third-order valence-corrected chi connectivity index (χ3v) is 3.07. The van der Waals surface area contributed by atoms with Crippen LogP contribution < -0.4 is 0 Å². The van der Waals surface area contributed by atoms with Crippen LogP contribution in [0.5, 0.6) is 0 Å². The Bertz CT molecular complexity index is 365. The second-order valence-corrected chi connectivity index (χ2v) is 3.62. The van der Waals surface area contributed by atoms with Gasteiger partial charge in [-0.25, -0.2) is 0 Å². The van der Waals surface area contributed by atoms with Crippen LogP contribution in [0, 0.1) is 38.5 Å². The van der Waals surface area contributed by atoms with E-state index < -0.39 is 0 Å². The first-order chi connectivity index (χ1) is 6.54. The van der Waals surface area contributed by atoms with E-state index in [-0.39, 0.29) is 0 Å². The highest BCUT2D eigenvalue weighted by Gasteiger charge is 2.11. The molecule has 74 valence electrons. The summed E-state index contributed by atoms with van der Waals surface area (Å²) in [4.78, 5) is 0. The van der Waals surface area contributed by atoms with Gasteiger partial charge in [-0.15, -0.1) is 0 Å². The van der Waals surface area contributed by atoms with Crippen molar-refractivity contribution in [1.29, 1.82) is 10.8 Å². The summed E-state index contributed by atoms with van der Waals surface area (Å²) >= 11 is 0. The van der Waals surface area contributed by atoms with E-state index >= 15 is 0 Å². The van der Waals surface area contributed by atoms with Crippen molar-refractivity contribution >= 4 is 12.4 Å². The van der Waals surface area contributed by atoms with Crippen molar-refractivity contribution in [2.75, 3.05) is 0 Å². The summed E-state index contributed by atoms with van der Waals surface area (Å²) in [5, 5.41) is 14.7. The summed E-state index contributed by atoms with van der Waals surface area (Å²) in [6.07, 6.45) is 2.68. The van der Waals surface area contributed by atoms with Gasteiger partial charge in [-0.3, -0.25) is 0 Å². The molecule has 0 radical (unpaired) electrons. The average Bonchev–Trinajstić information content (AvgIpc) is 2.20. The van der Waals surface area contributed by atoms with E-state index in [1.165, 1.54) is 23.6 Å². The van der Waals surface area contributed by atoms with Gasteiger partial charge in [-0.1, -0.05) is 0 Å². The highest BCUT2D eigenvalue weighted by atomic mass is 14.4. The van der Waals surface area contributed by atoms with Crippen molar-refractivity contribution < 1.29 is 0 Å². The zero-order valence-electron chi connectivity index (χ0n) is 9.15. The Hall–Kier alpha value is -1.44. The first kappa shape index (κ1) is 10.6. The van der Waals surface area contributed by atoms with Crippen molar-refractivity contribution in [3.8, 4) is 0 Å². The molecule has 0 unspecified atom stereocenters. The first-order valence-corrected chi connectivity index (χ1v) is 4.65. The molecule has 2 N–H and O–H groups in total. The van der Waals surface area contributed by atoms with E-state index in [4.69, 9.17) is 10.8 Å². The normalized spacial score (nSPS) is 10.0. The molecule has 0 aliphatic heterocycles. The summed E-state index contributed by atoms with van der Waals surface area (Å²) in [5.41, 5.74) is 6.43. The molecule has 0 fully saturated rings.